The Morgan fingerprint density at radius 3 is 2.56 bits per heavy atom. The summed E-state index contributed by atoms with van der Waals surface area (Å²) in [4.78, 5) is 7.32. The number of nitrogens with zero attached hydrogens (tertiary/aromatic N) is 2. The monoisotopic (exact) mass is 267 g/mol. The molecule has 0 bridgehead atoms. The Balaban J connectivity index is 1.95. The van der Waals surface area contributed by atoms with E-state index in [0.717, 1.165) is 13.1 Å². The van der Waals surface area contributed by atoms with Crippen LogP contribution in [0.4, 0.5) is 0 Å². The lowest BCUT2D eigenvalue weighted by Gasteiger charge is -2.30. The fourth-order valence-corrected chi connectivity index (χ4v) is 3.62. The number of piperidine rings is 1. The van der Waals surface area contributed by atoms with E-state index in [1.54, 1.807) is 0 Å². The number of thiazole rings is 1. The average Bonchev–Trinajstić information content (AvgIpc) is 2.79. The maximum atomic E-state index is 5.60. The van der Waals surface area contributed by atoms with Crippen molar-refractivity contribution in [2.45, 2.75) is 44.9 Å². The molecule has 2 N–H and O–H groups in total. The van der Waals surface area contributed by atoms with Crippen LogP contribution < -0.4 is 5.73 Å². The van der Waals surface area contributed by atoms with Crippen LogP contribution in [-0.4, -0.2) is 36.1 Å². The van der Waals surface area contributed by atoms with Crippen LogP contribution >= 0.6 is 11.3 Å². The first-order chi connectivity index (χ1) is 8.50. The van der Waals surface area contributed by atoms with Gasteiger partial charge in [0, 0.05) is 29.8 Å². The van der Waals surface area contributed by atoms with E-state index in [4.69, 9.17) is 10.7 Å². The predicted molar refractivity (Wildman–Crippen MR) is 78.3 cm³/mol. The van der Waals surface area contributed by atoms with Crippen LogP contribution in [-0.2, 0) is 5.41 Å². The van der Waals surface area contributed by atoms with Crippen LogP contribution in [0.2, 0.25) is 0 Å². The minimum Gasteiger partial charge on any atom is -0.329 e. The van der Waals surface area contributed by atoms with E-state index in [9.17, 15) is 0 Å². The molecule has 1 saturated heterocycles. The minimum absolute atomic E-state index is 0.176. The van der Waals surface area contributed by atoms with Crippen molar-refractivity contribution in [3.05, 3.63) is 16.1 Å². The van der Waals surface area contributed by atoms with E-state index >= 15 is 0 Å². The van der Waals surface area contributed by atoms with Crippen molar-refractivity contribution in [3.8, 4) is 0 Å². The van der Waals surface area contributed by atoms with E-state index in [1.165, 1.54) is 36.6 Å². The largest absolute Gasteiger partial charge is 0.329 e. The van der Waals surface area contributed by atoms with Crippen LogP contribution in [0.1, 0.15) is 50.2 Å². The van der Waals surface area contributed by atoms with Gasteiger partial charge in [0.25, 0.3) is 0 Å². The molecule has 4 heteroatoms. The topological polar surface area (TPSA) is 42.1 Å². The molecule has 2 rings (SSSR count). The summed E-state index contributed by atoms with van der Waals surface area (Å²) in [6.07, 6.45) is 2.47. The second-order valence-corrected chi connectivity index (χ2v) is 7.12. The first-order valence-electron chi connectivity index (χ1n) is 6.89. The zero-order valence-corrected chi connectivity index (χ0v) is 12.6. The molecule has 0 radical (unpaired) electrons. The molecule has 0 aliphatic carbocycles. The van der Waals surface area contributed by atoms with Crippen LogP contribution in [0.25, 0.3) is 0 Å². The number of rotatable bonds is 3. The van der Waals surface area contributed by atoms with Gasteiger partial charge in [0.05, 0.1) is 10.7 Å². The molecule has 1 aromatic rings. The molecule has 0 atom stereocenters. The first-order valence-corrected chi connectivity index (χ1v) is 7.77. The highest BCUT2D eigenvalue weighted by Gasteiger charge is 2.24. The van der Waals surface area contributed by atoms with Gasteiger partial charge in [-0.25, -0.2) is 4.98 Å². The van der Waals surface area contributed by atoms with Crippen molar-refractivity contribution < 1.29 is 0 Å². The van der Waals surface area contributed by atoms with E-state index in [-0.39, 0.29) is 5.41 Å². The minimum atomic E-state index is 0.176. The Morgan fingerprint density at radius 2 is 2.06 bits per heavy atom. The highest BCUT2D eigenvalue weighted by molar-refractivity contribution is 7.09. The number of hydrogen-bond donors (Lipinski definition) is 1. The Kier molecular flexibility index (Phi) is 4.41. The summed E-state index contributed by atoms with van der Waals surface area (Å²) >= 11 is 1.84. The lowest BCUT2D eigenvalue weighted by molar-refractivity contribution is 0.217. The third-order valence-corrected chi connectivity index (χ3v) is 4.68. The zero-order valence-electron chi connectivity index (χ0n) is 11.8. The van der Waals surface area contributed by atoms with Crippen molar-refractivity contribution in [2.24, 2.45) is 5.73 Å². The fraction of sp³-hybridized carbons (Fsp3) is 0.786. The number of nitrogens with two attached hydrogens (primary N) is 1. The smallest absolute Gasteiger partial charge is 0.0960 e. The average molecular weight is 267 g/mol. The lowest BCUT2D eigenvalue weighted by atomic mass is 9.93. The molecule has 3 nitrogen and oxygen atoms in total. The number of aromatic nitrogens is 1. The van der Waals surface area contributed by atoms with Gasteiger partial charge in [-0.05, 0) is 25.9 Å². The van der Waals surface area contributed by atoms with Crippen molar-refractivity contribution in [2.75, 3.05) is 26.2 Å². The molecule has 1 fully saturated rings. The van der Waals surface area contributed by atoms with Gasteiger partial charge < -0.3 is 10.6 Å². The molecule has 0 saturated carbocycles. The van der Waals surface area contributed by atoms with Crippen LogP contribution in [0.3, 0.4) is 0 Å². The standard InChI is InChI=1S/C14H25N3S/c1-14(2,3)12-10-18-13(16-12)11-4-7-17(8-5-11)9-6-15/h10-11H,4-9,15H2,1-3H3. The summed E-state index contributed by atoms with van der Waals surface area (Å²) in [7, 11) is 0. The van der Waals surface area contributed by atoms with E-state index < -0.39 is 0 Å². The van der Waals surface area contributed by atoms with Crippen LogP contribution in [0.15, 0.2) is 5.38 Å². The third-order valence-electron chi connectivity index (χ3n) is 3.67. The van der Waals surface area contributed by atoms with Gasteiger partial charge in [-0.1, -0.05) is 20.8 Å². The molecule has 102 valence electrons. The summed E-state index contributed by atoms with van der Waals surface area (Å²) in [5.74, 6) is 0.667. The summed E-state index contributed by atoms with van der Waals surface area (Å²) in [5.41, 5.74) is 7.02. The van der Waals surface area contributed by atoms with Gasteiger partial charge in [-0.2, -0.15) is 0 Å². The Bertz CT molecular complexity index is 373. The predicted octanol–water partition coefficient (Wildman–Crippen LogP) is 2.58. The highest BCUT2D eigenvalue weighted by Crippen LogP contribution is 2.33. The van der Waals surface area contributed by atoms with E-state index in [0.29, 0.717) is 5.92 Å². The highest BCUT2D eigenvalue weighted by atomic mass is 32.1. The van der Waals surface area contributed by atoms with Crippen LogP contribution in [0.5, 0.6) is 0 Å². The quantitative estimate of drug-likeness (QED) is 0.915. The summed E-state index contributed by atoms with van der Waals surface area (Å²) < 4.78 is 0. The molecular weight excluding hydrogens is 242 g/mol. The molecule has 2 heterocycles. The summed E-state index contributed by atoms with van der Waals surface area (Å²) in [6.45, 7) is 10.9. The van der Waals surface area contributed by atoms with Crippen molar-refractivity contribution in [1.29, 1.82) is 0 Å². The van der Waals surface area contributed by atoms with Gasteiger partial charge >= 0.3 is 0 Å². The van der Waals surface area contributed by atoms with Crippen molar-refractivity contribution in [1.82, 2.24) is 9.88 Å². The van der Waals surface area contributed by atoms with Crippen molar-refractivity contribution in [3.63, 3.8) is 0 Å². The second-order valence-electron chi connectivity index (χ2n) is 6.23. The summed E-state index contributed by atoms with van der Waals surface area (Å²) in [5, 5.41) is 3.58. The van der Waals surface area contributed by atoms with Gasteiger partial charge in [-0.3, -0.25) is 0 Å². The summed E-state index contributed by atoms with van der Waals surface area (Å²) in [6, 6.07) is 0. The van der Waals surface area contributed by atoms with E-state index in [2.05, 4.69) is 31.1 Å². The molecule has 0 unspecified atom stereocenters. The lowest BCUT2D eigenvalue weighted by Crippen LogP contribution is -2.36. The second kappa shape index (κ2) is 5.68. The van der Waals surface area contributed by atoms with Crippen LogP contribution in [0, 0.1) is 0 Å². The van der Waals surface area contributed by atoms with Gasteiger partial charge in [-0.15, -0.1) is 11.3 Å². The zero-order chi connectivity index (χ0) is 13.2. The molecule has 18 heavy (non-hydrogen) atoms. The fourth-order valence-electron chi connectivity index (χ4n) is 2.41. The van der Waals surface area contributed by atoms with E-state index in [1.807, 2.05) is 11.3 Å². The van der Waals surface area contributed by atoms with Gasteiger partial charge in [0.15, 0.2) is 0 Å². The Labute approximate surface area is 114 Å². The maximum absolute atomic E-state index is 5.60. The van der Waals surface area contributed by atoms with Crippen molar-refractivity contribution >= 4 is 11.3 Å². The molecule has 1 aromatic heterocycles. The normalized spacial score (nSPS) is 19.3. The van der Waals surface area contributed by atoms with Gasteiger partial charge in [0.1, 0.15) is 0 Å². The first kappa shape index (κ1) is 14.0. The number of hydrogen-bond acceptors (Lipinski definition) is 4. The molecular formula is C14H25N3S. The molecule has 0 amide bonds. The van der Waals surface area contributed by atoms with Gasteiger partial charge in [0.2, 0.25) is 0 Å². The number of likely N-dealkylation sites (tertiary alicyclic amines) is 1. The molecule has 1 aliphatic rings. The molecule has 1 aliphatic heterocycles. The third kappa shape index (κ3) is 3.31. The molecule has 0 spiro atoms. The SMILES string of the molecule is CC(C)(C)c1csc(C2CCN(CCN)CC2)n1. The Hall–Kier alpha value is -0.450. The Morgan fingerprint density at radius 1 is 1.39 bits per heavy atom. The molecule has 0 aromatic carbocycles. The maximum Gasteiger partial charge on any atom is 0.0960 e.